The first kappa shape index (κ1) is 15.6. The molecule has 23 heavy (non-hydrogen) atoms. The van der Waals surface area contributed by atoms with Gasteiger partial charge >= 0.3 is 6.03 Å². The van der Waals surface area contributed by atoms with Crippen LogP contribution in [0.2, 0.25) is 0 Å². The van der Waals surface area contributed by atoms with E-state index < -0.39 is 0 Å². The molecule has 1 unspecified atom stereocenters. The quantitative estimate of drug-likeness (QED) is 0.915. The maximum atomic E-state index is 11.3. The molecular formula is C18H24N4O. The summed E-state index contributed by atoms with van der Waals surface area (Å²) in [4.78, 5) is 17.8. The van der Waals surface area contributed by atoms with Crippen LogP contribution in [0, 0.1) is 19.8 Å². The number of hydrogen-bond donors (Lipinski definition) is 2. The molecule has 122 valence electrons. The van der Waals surface area contributed by atoms with E-state index in [-0.39, 0.29) is 6.03 Å². The second kappa shape index (κ2) is 6.44. The average molecular weight is 312 g/mol. The first-order valence-corrected chi connectivity index (χ1v) is 8.19. The molecule has 1 aromatic carbocycles. The first-order chi connectivity index (χ1) is 11.0. The Hall–Kier alpha value is -2.30. The lowest BCUT2D eigenvalue weighted by atomic mass is 9.98. The molecular weight excluding hydrogens is 288 g/mol. The Kier molecular flexibility index (Phi) is 4.37. The second-order valence-electron chi connectivity index (χ2n) is 6.52. The van der Waals surface area contributed by atoms with Crippen molar-refractivity contribution >= 4 is 22.8 Å². The predicted octanol–water partition coefficient (Wildman–Crippen LogP) is 3.05. The van der Waals surface area contributed by atoms with E-state index in [4.69, 9.17) is 10.7 Å². The molecule has 1 aliphatic heterocycles. The fourth-order valence-corrected chi connectivity index (χ4v) is 3.28. The van der Waals surface area contributed by atoms with Crippen LogP contribution in [0.5, 0.6) is 0 Å². The van der Waals surface area contributed by atoms with E-state index in [1.165, 1.54) is 16.5 Å². The molecule has 0 saturated carbocycles. The van der Waals surface area contributed by atoms with Gasteiger partial charge in [-0.2, -0.15) is 0 Å². The average Bonchev–Trinajstić information content (AvgIpc) is 2.52. The maximum absolute atomic E-state index is 11.3. The zero-order valence-electron chi connectivity index (χ0n) is 13.8. The minimum Gasteiger partial charge on any atom is -0.370 e. The molecule has 2 heterocycles. The number of pyridine rings is 1. The molecule has 1 aliphatic rings. The number of benzene rings is 1. The van der Waals surface area contributed by atoms with Gasteiger partial charge in [0, 0.05) is 25.0 Å². The lowest BCUT2D eigenvalue weighted by molar-refractivity contribution is 0.177. The van der Waals surface area contributed by atoms with Crippen LogP contribution in [0.4, 0.5) is 10.6 Å². The molecule has 0 bridgehead atoms. The highest BCUT2D eigenvalue weighted by molar-refractivity contribution is 5.84. The van der Waals surface area contributed by atoms with Gasteiger partial charge in [0.15, 0.2) is 0 Å². The smallest absolute Gasteiger partial charge is 0.314 e. The number of nitrogens with two attached hydrogens (primary N) is 1. The van der Waals surface area contributed by atoms with E-state index in [1.807, 2.05) is 0 Å². The number of aromatic nitrogens is 1. The molecule has 0 spiro atoms. The van der Waals surface area contributed by atoms with Gasteiger partial charge in [-0.15, -0.1) is 0 Å². The van der Waals surface area contributed by atoms with Gasteiger partial charge in [-0.1, -0.05) is 12.1 Å². The summed E-state index contributed by atoms with van der Waals surface area (Å²) in [5.41, 5.74) is 8.85. The molecule has 5 nitrogen and oxygen atoms in total. The summed E-state index contributed by atoms with van der Waals surface area (Å²) in [6.45, 7) is 6.51. The molecule has 0 radical (unpaired) electrons. The van der Waals surface area contributed by atoms with Crippen molar-refractivity contribution in [1.29, 1.82) is 0 Å². The van der Waals surface area contributed by atoms with E-state index in [2.05, 4.69) is 43.4 Å². The number of urea groups is 1. The third-order valence-corrected chi connectivity index (χ3v) is 4.57. The fraction of sp³-hybridized carbons (Fsp3) is 0.444. The van der Waals surface area contributed by atoms with E-state index in [0.717, 1.165) is 43.8 Å². The third kappa shape index (κ3) is 3.55. The number of amides is 2. The molecule has 1 atom stereocenters. The van der Waals surface area contributed by atoms with Crippen LogP contribution in [0.1, 0.15) is 24.0 Å². The van der Waals surface area contributed by atoms with Gasteiger partial charge in [-0.25, -0.2) is 9.78 Å². The number of carbonyl (C=O) groups excluding carboxylic acids is 1. The van der Waals surface area contributed by atoms with E-state index in [9.17, 15) is 4.79 Å². The molecule has 2 amide bonds. The number of hydrogen-bond acceptors (Lipinski definition) is 3. The predicted molar refractivity (Wildman–Crippen MR) is 93.6 cm³/mol. The Morgan fingerprint density at radius 1 is 1.39 bits per heavy atom. The zero-order chi connectivity index (χ0) is 16.4. The van der Waals surface area contributed by atoms with Crippen LogP contribution < -0.4 is 11.1 Å². The van der Waals surface area contributed by atoms with Crippen LogP contribution in [0.15, 0.2) is 24.3 Å². The lowest BCUT2D eigenvalue weighted by Gasteiger charge is -2.31. The number of anilines is 1. The second-order valence-corrected chi connectivity index (χ2v) is 6.52. The van der Waals surface area contributed by atoms with Crippen molar-refractivity contribution in [1.82, 2.24) is 9.88 Å². The molecule has 5 heteroatoms. The molecule has 1 saturated heterocycles. The largest absolute Gasteiger partial charge is 0.370 e. The molecule has 3 N–H and O–H groups in total. The summed E-state index contributed by atoms with van der Waals surface area (Å²) in [6, 6.07) is 8.13. The van der Waals surface area contributed by atoms with E-state index in [0.29, 0.717) is 5.92 Å². The number of carbonyl (C=O) groups is 1. The minimum absolute atomic E-state index is 0.315. The van der Waals surface area contributed by atoms with Crippen molar-refractivity contribution in [3.63, 3.8) is 0 Å². The van der Waals surface area contributed by atoms with Gasteiger partial charge in [0.1, 0.15) is 5.82 Å². The van der Waals surface area contributed by atoms with E-state index in [1.54, 1.807) is 4.90 Å². The van der Waals surface area contributed by atoms with Crippen molar-refractivity contribution in [3.8, 4) is 0 Å². The van der Waals surface area contributed by atoms with Gasteiger partial charge in [0.2, 0.25) is 0 Å². The minimum atomic E-state index is -0.315. The van der Waals surface area contributed by atoms with Crippen molar-refractivity contribution in [2.75, 3.05) is 25.0 Å². The van der Waals surface area contributed by atoms with Gasteiger partial charge in [0.25, 0.3) is 0 Å². The number of aryl methyl sites for hydroxylation is 2. The number of nitrogens with one attached hydrogen (secondary N) is 1. The maximum Gasteiger partial charge on any atom is 0.314 e. The molecule has 3 rings (SSSR count). The van der Waals surface area contributed by atoms with Crippen LogP contribution in [-0.4, -0.2) is 35.5 Å². The highest BCUT2D eigenvalue weighted by atomic mass is 16.2. The third-order valence-electron chi connectivity index (χ3n) is 4.57. The van der Waals surface area contributed by atoms with Crippen LogP contribution >= 0.6 is 0 Å². The zero-order valence-corrected chi connectivity index (χ0v) is 13.8. The topological polar surface area (TPSA) is 71.2 Å². The molecule has 0 aliphatic carbocycles. The first-order valence-electron chi connectivity index (χ1n) is 8.19. The Bertz CT molecular complexity index is 728. The molecule has 1 fully saturated rings. The number of primary amides is 1. The summed E-state index contributed by atoms with van der Waals surface area (Å²) in [6.07, 6.45) is 2.13. The summed E-state index contributed by atoms with van der Waals surface area (Å²) in [5.74, 6) is 1.32. The summed E-state index contributed by atoms with van der Waals surface area (Å²) in [7, 11) is 0. The van der Waals surface area contributed by atoms with Gasteiger partial charge in [-0.3, -0.25) is 0 Å². The number of piperidine rings is 1. The monoisotopic (exact) mass is 312 g/mol. The van der Waals surface area contributed by atoms with Crippen molar-refractivity contribution in [2.45, 2.75) is 26.7 Å². The Labute approximate surface area is 136 Å². The number of likely N-dealkylation sites (tertiary alicyclic amines) is 1. The Morgan fingerprint density at radius 3 is 3.00 bits per heavy atom. The molecule has 2 aromatic rings. The normalized spacial score (nSPS) is 18.2. The van der Waals surface area contributed by atoms with Crippen molar-refractivity contribution in [2.24, 2.45) is 11.7 Å². The standard InChI is InChI=1S/C18H24N4O/c1-12-5-6-15-13(2)9-17(21-16(15)8-12)20-10-14-4-3-7-22(11-14)18(19)23/h5-6,8-9,14H,3-4,7,10-11H2,1-2H3,(H2,19,23)(H,20,21). The number of rotatable bonds is 3. The van der Waals surface area contributed by atoms with Crippen molar-refractivity contribution < 1.29 is 4.79 Å². The summed E-state index contributed by atoms with van der Waals surface area (Å²) in [5, 5.41) is 4.63. The highest BCUT2D eigenvalue weighted by Gasteiger charge is 2.21. The number of nitrogens with zero attached hydrogens (tertiary/aromatic N) is 2. The van der Waals surface area contributed by atoms with Gasteiger partial charge in [-0.05, 0) is 55.9 Å². The van der Waals surface area contributed by atoms with E-state index >= 15 is 0 Å². The lowest BCUT2D eigenvalue weighted by Crippen LogP contribution is -2.44. The highest BCUT2D eigenvalue weighted by Crippen LogP contribution is 2.22. The summed E-state index contributed by atoms with van der Waals surface area (Å²) < 4.78 is 0. The summed E-state index contributed by atoms with van der Waals surface area (Å²) >= 11 is 0. The molecule has 1 aromatic heterocycles. The Balaban J connectivity index is 1.70. The Morgan fingerprint density at radius 2 is 2.22 bits per heavy atom. The fourth-order valence-electron chi connectivity index (χ4n) is 3.28. The van der Waals surface area contributed by atoms with Crippen LogP contribution in [0.25, 0.3) is 10.9 Å². The van der Waals surface area contributed by atoms with Crippen LogP contribution in [-0.2, 0) is 0 Å². The van der Waals surface area contributed by atoms with Gasteiger partial charge < -0.3 is 16.0 Å². The SMILES string of the molecule is Cc1ccc2c(C)cc(NCC3CCCN(C(N)=O)C3)nc2c1. The number of fused-ring (bicyclic) bond motifs is 1. The van der Waals surface area contributed by atoms with Crippen molar-refractivity contribution in [3.05, 3.63) is 35.4 Å². The van der Waals surface area contributed by atoms with Crippen LogP contribution in [0.3, 0.4) is 0 Å². The van der Waals surface area contributed by atoms with Gasteiger partial charge in [0.05, 0.1) is 5.52 Å².